The standard InChI is InChI=1S/C16H23N3O.ClH/c17-15-7-6-13-9-19(10-14(13)15)11-16(20)18-8-12-4-2-1-3-5-12;/h1-5,13-15H,6-11,17H2,(H,18,20);1H. The van der Waals surface area contributed by atoms with E-state index in [9.17, 15) is 4.79 Å². The number of amides is 1. The number of benzene rings is 1. The number of fused-ring (bicyclic) bond motifs is 1. The minimum atomic E-state index is 0. The van der Waals surface area contributed by atoms with E-state index in [-0.39, 0.29) is 18.3 Å². The molecule has 1 aliphatic heterocycles. The number of nitrogens with zero attached hydrogens (tertiary/aromatic N) is 1. The predicted octanol–water partition coefficient (Wildman–Crippen LogP) is 1.39. The molecule has 5 heteroatoms. The number of hydrogen-bond donors (Lipinski definition) is 2. The molecule has 1 aromatic carbocycles. The van der Waals surface area contributed by atoms with Gasteiger partial charge in [0.05, 0.1) is 6.54 Å². The molecule has 1 saturated heterocycles. The summed E-state index contributed by atoms with van der Waals surface area (Å²) in [4.78, 5) is 14.2. The third-order valence-electron chi connectivity index (χ3n) is 4.69. The first-order valence-electron chi connectivity index (χ1n) is 7.51. The van der Waals surface area contributed by atoms with Crippen molar-refractivity contribution in [2.24, 2.45) is 17.6 Å². The van der Waals surface area contributed by atoms with Gasteiger partial charge in [-0.3, -0.25) is 9.69 Å². The van der Waals surface area contributed by atoms with Crippen LogP contribution in [0.1, 0.15) is 18.4 Å². The number of hydrogen-bond acceptors (Lipinski definition) is 3. The maximum absolute atomic E-state index is 12.0. The number of nitrogens with two attached hydrogens (primary N) is 1. The average molecular weight is 310 g/mol. The molecule has 3 rings (SSSR count). The van der Waals surface area contributed by atoms with E-state index < -0.39 is 0 Å². The summed E-state index contributed by atoms with van der Waals surface area (Å²) in [6, 6.07) is 10.4. The average Bonchev–Trinajstić information content (AvgIpc) is 3.00. The summed E-state index contributed by atoms with van der Waals surface area (Å²) in [7, 11) is 0. The molecule has 0 spiro atoms. The van der Waals surface area contributed by atoms with Gasteiger partial charge in [-0.1, -0.05) is 30.3 Å². The SMILES string of the molecule is Cl.NC1CCC2CN(CC(=O)NCc3ccccc3)CC12. The van der Waals surface area contributed by atoms with Gasteiger partial charge in [0.1, 0.15) is 0 Å². The van der Waals surface area contributed by atoms with E-state index in [0.717, 1.165) is 25.1 Å². The van der Waals surface area contributed by atoms with E-state index in [2.05, 4.69) is 10.2 Å². The lowest BCUT2D eigenvalue weighted by Crippen LogP contribution is -2.37. The van der Waals surface area contributed by atoms with E-state index in [0.29, 0.717) is 31.0 Å². The predicted molar refractivity (Wildman–Crippen MR) is 86.2 cm³/mol. The smallest absolute Gasteiger partial charge is 0.234 e. The molecule has 0 aromatic heterocycles. The molecule has 0 radical (unpaired) electrons. The van der Waals surface area contributed by atoms with Crippen molar-refractivity contribution in [1.82, 2.24) is 10.2 Å². The van der Waals surface area contributed by atoms with Gasteiger partial charge in [0.2, 0.25) is 5.91 Å². The van der Waals surface area contributed by atoms with Gasteiger partial charge >= 0.3 is 0 Å². The summed E-state index contributed by atoms with van der Waals surface area (Å²) < 4.78 is 0. The maximum atomic E-state index is 12.0. The number of likely N-dealkylation sites (tertiary alicyclic amines) is 1. The monoisotopic (exact) mass is 309 g/mol. The van der Waals surface area contributed by atoms with Gasteiger partial charge in [-0.2, -0.15) is 0 Å². The van der Waals surface area contributed by atoms with Crippen molar-refractivity contribution in [3.63, 3.8) is 0 Å². The first kappa shape index (κ1) is 16.3. The molecule has 0 bridgehead atoms. The number of halogens is 1. The Kier molecular flexibility index (Phi) is 5.62. The molecule has 21 heavy (non-hydrogen) atoms. The summed E-state index contributed by atoms with van der Waals surface area (Å²) in [5.74, 6) is 1.44. The van der Waals surface area contributed by atoms with E-state index in [1.807, 2.05) is 30.3 Å². The molecular weight excluding hydrogens is 286 g/mol. The highest BCUT2D eigenvalue weighted by atomic mass is 35.5. The van der Waals surface area contributed by atoms with Crippen molar-refractivity contribution in [3.8, 4) is 0 Å². The Morgan fingerprint density at radius 1 is 1.24 bits per heavy atom. The van der Waals surface area contributed by atoms with Crippen LogP contribution in [0.4, 0.5) is 0 Å². The van der Waals surface area contributed by atoms with Crippen LogP contribution >= 0.6 is 12.4 Å². The molecule has 1 heterocycles. The molecule has 3 unspecified atom stereocenters. The second-order valence-electron chi connectivity index (χ2n) is 6.12. The molecule has 116 valence electrons. The lowest BCUT2D eigenvalue weighted by Gasteiger charge is -2.17. The summed E-state index contributed by atoms with van der Waals surface area (Å²) in [5.41, 5.74) is 7.26. The Bertz CT molecular complexity index is 468. The number of carbonyl (C=O) groups excluding carboxylic acids is 1. The molecule has 1 aromatic rings. The number of rotatable bonds is 4. The first-order chi connectivity index (χ1) is 9.72. The largest absolute Gasteiger partial charge is 0.351 e. The van der Waals surface area contributed by atoms with Crippen LogP contribution in [0.15, 0.2) is 30.3 Å². The van der Waals surface area contributed by atoms with Gasteiger partial charge in [0, 0.05) is 25.7 Å². The van der Waals surface area contributed by atoms with Gasteiger partial charge in [-0.25, -0.2) is 0 Å². The van der Waals surface area contributed by atoms with Crippen LogP contribution in [-0.2, 0) is 11.3 Å². The van der Waals surface area contributed by atoms with Crippen molar-refractivity contribution >= 4 is 18.3 Å². The number of nitrogens with one attached hydrogen (secondary N) is 1. The van der Waals surface area contributed by atoms with Gasteiger partial charge in [-0.15, -0.1) is 12.4 Å². The molecule has 2 fully saturated rings. The maximum Gasteiger partial charge on any atom is 0.234 e. The van der Waals surface area contributed by atoms with Crippen LogP contribution in [0.25, 0.3) is 0 Å². The summed E-state index contributed by atoms with van der Waals surface area (Å²) in [6.07, 6.45) is 2.39. The Morgan fingerprint density at radius 2 is 2.00 bits per heavy atom. The van der Waals surface area contributed by atoms with Crippen LogP contribution < -0.4 is 11.1 Å². The fourth-order valence-electron chi connectivity index (χ4n) is 3.58. The van der Waals surface area contributed by atoms with Crippen LogP contribution in [0.2, 0.25) is 0 Å². The lowest BCUT2D eigenvalue weighted by atomic mass is 9.98. The zero-order valence-corrected chi connectivity index (χ0v) is 13.0. The summed E-state index contributed by atoms with van der Waals surface area (Å²) in [6.45, 7) is 3.15. The molecular formula is C16H24ClN3O. The van der Waals surface area contributed by atoms with Crippen molar-refractivity contribution in [1.29, 1.82) is 0 Å². The topological polar surface area (TPSA) is 58.4 Å². The molecule has 1 aliphatic carbocycles. The van der Waals surface area contributed by atoms with Crippen molar-refractivity contribution in [2.75, 3.05) is 19.6 Å². The summed E-state index contributed by atoms with van der Waals surface area (Å²) >= 11 is 0. The molecule has 3 N–H and O–H groups in total. The van der Waals surface area contributed by atoms with Crippen LogP contribution in [-0.4, -0.2) is 36.5 Å². The van der Waals surface area contributed by atoms with E-state index in [4.69, 9.17) is 5.73 Å². The fourth-order valence-corrected chi connectivity index (χ4v) is 3.58. The number of carbonyl (C=O) groups is 1. The second-order valence-corrected chi connectivity index (χ2v) is 6.12. The zero-order chi connectivity index (χ0) is 13.9. The minimum Gasteiger partial charge on any atom is -0.351 e. The van der Waals surface area contributed by atoms with Crippen LogP contribution in [0.3, 0.4) is 0 Å². The summed E-state index contributed by atoms with van der Waals surface area (Å²) in [5, 5.41) is 2.99. The van der Waals surface area contributed by atoms with E-state index in [1.165, 1.54) is 6.42 Å². The Hall–Kier alpha value is -1.10. The third-order valence-corrected chi connectivity index (χ3v) is 4.69. The van der Waals surface area contributed by atoms with Crippen molar-refractivity contribution < 1.29 is 4.79 Å². The highest BCUT2D eigenvalue weighted by Crippen LogP contribution is 2.36. The van der Waals surface area contributed by atoms with E-state index in [1.54, 1.807) is 0 Å². The van der Waals surface area contributed by atoms with Gasteiger partial charge in [-0.05, 0) is 30.2 Å². The van der Waals surface area contributed by atoms with E-state index >= 15 is 0 Å². The van der Waals surface area contributed by atoms with Crippen molar-refractivity contribution in [3.05, 3.63) is 35.9 Å². The second kappa shape index (κ2) is 7.25. The minimum absolute atomic E-state index is 0. The highest BCUT2D eigenvalue weighted by Gasteiger charge is 2.41. The van der Waals surface area contributed by atoms with Crippen LogP contribution in [0, 0.1) is 11.8 Å². The highest BCUT2D eigenvalue weighted by molar-refractivity contribution is 5.85. The van der Waals surface area contributed by atoms with Gasteiger partial charge < -0.3 is 11.1 Å². The van der Waals surface area contributed by atoms with Gasteiger partial charge in [0.15, 0.2) is 0 Å². The zero-order valence-electron chi connectivity index (χ0n) is 12.2. The molecule has 1 amide bonds. The Morgan fingerprint density at radius 3 is 2.71 bits per heavy atom. The molecule has 1 saturated carbocycles. The first-order valence-corrected chi connectivity index (χ1v) is 7.51. The van der Waals surface area contributed by atoms with Crippen molar-refractivity contribution in [2.45, 2.75) is 25.4 Å². The lowest BCUT2D eigenvalue weighted by molar-refractivity contribution is -0.122. The normalized spacial score (nSPS) is 28.0. The molecule has 4 nitrogen and oxygen atoms in total. The third kappa shape index (κ3) is 3.96. The molecule has 3 atom stereocenters. The van der Waals surface area contributed by atoms with Crippen LogP contribution in [0.5, 0.6) is 0 Å². The Balaban J connectivity index is 0.00000161. The molecule has 2 aliphatic rings. The fraction of sp³-hybridized carbons (Fsp3) is 0.562. The van der Waals surface area contributed by atoms with Gasteiger partial charge in [0.25, 0.3) is 0 Å². The quantitative estimate of drug-likeness (QED) is 0.884. The Labute approximate surface area is 132 Å².